The Morgan fingerprint density at radius 2 is 2.03 bits per heavy atom. The maximum Gasteiger partial charge on any atom is 0.341 e. The summed E-state index contributed by atoms with van der Waals surface area (Å²) < 4.78 is 6.93. The van der Waals surface area contributed by atoms with E-state index in [4.69, 9.17) is 4.74 Å². The second-order valence-electron chi connectivity index (χ2n) is 8.23. The van der Waals surface area contributed by atoms with Gasteiger partial charge in [-0.15, -0.1) is 0 Å². The molecule has 2 aliphatic rings. The summed E-state index contributed by atoms with van der Waals surface area (Å²) in [5.41, 5.74) is 0.475. The molecule has 1 saturated carbocycles. The van der Waals surface area contributed by atoms with Crippen LogP contribution in [0, 0.1) is 0 Å². The van der Waals surface area contributed by atoms with Crippen LogP contribution in [0.4, 0.5) is 0 Å². The Hall–Kier alpha value is -2.58. The normalized spacial score (nSPS) is 20.3. The number of likely N-dealkylation sites (tertiary alicyclic amines) is 1. The van der Waals surface area contributed by atoms with Gasteiger partial charge in [-0.3, -0.25) is 9.48 Å². The predicted octanol–water partition coefficient (Wildman–Crippen LogP) is 1.67. The van der Waals surface area contributed by atoms with Gasteiger partial charge in [0, 0.05) is 39.4 Å². The lowest BCUT2D eigenvalue weighted by atomic mass is 10.1. The number of amides is 1. The summed E-state index contributed by atoms with van der Waals surface area (Å²) in [5.74, 6) is 0.448. The van der Waals surface area contributed by atoms with Crippen molar-refractivity contribution in [2.75, 3.05) is 40.3 Å². The molecular weight excluding hydrogens is 384 g/mol. The molecule has 3 rings (SSSR count). The van der Waals surface area contributed by atoms with Crippen LogP contribution < -0.4 is 5.32 Å². The van der Waals surface area contributed by atoms with E-state index >= 15 is 0 Å². The number of aromatic nitrogens is 2. The molecule has 9 nitrogen and oxygen atoms in total. The van der Waals surface area contributed by atoms with Gasteiger partial charge in [0.1, 0.15) is 6.54 Å². The van der Waals surface area contributed by atoms with E-state index in [9.17, 15) is 9.59 Å². The van der Waals surface area contributed by atoms with Crippen LogP contribution in [0.5, 0.6) is 0 Å². The number of hydrogen-bond donors (Lipinski definition) is 1. The molecule has 0 bridgehead atoms. The van der Waals surface area contributed by atoms with Crippen LogP contribution in [-0.2, 0) is 9.53 Å². The van der Waals surface area contributed by atoms with Gasteiger partial charge in [-0.2, -0.15) is 5.10 Å². The van der Waals surface area contributed by atoms with Gasteiger partial charge in [-0.05, 0) is 32.6 Å². The molecule has 1 aliphatic heterocycles. The highest BCUT2D eigenvalue weighted by molar-refractivity contribution is 5.88. The zero-order valence-electron chi connectivity index (χ0n) is 18.3. The second-order valence-corrected chi connectivity index (χ2v) is 8.23. The lowest BCUT2D eigenvalue weighted by molar-refractivity contribution is -0.127. The summed E-state index contributed by atoms with van der Waals surface area (Å²) >= 11 is 0. The Morgan fingerprint density at radius 3 is 2.73 bits per heavy atom. The predicted molar refractivity (Wildman–Crippen MR) is 114 cm³/mol. The van der Waals surface area contributed by atoms with Crippen LogP contribution in [0.3, 0.4) is 0 Å². The first kappa shape index (κ1) is 22.1. The van der Waals surface area contributed by atoms with Gasteiger partial charge in [-0.25, -0.2) is 9.79 Å². The van der Waals surface area contributed by atoms with Crippen molar-refractivity contribution < 1.29 is 14.3 Å². The number of carbonyl (C=O) groups excluding carboxylic acids is 2. The summed E-state index contributed by atoms with van der Waals surface area (Å²) in [6.07, 6.45) is 10.0. The lowest BCUT2D eigenvalue weighted by Crippen LogP contribution is -2.50. The van der Waals surface area contributed by atoms with Crippen LogP contribution in [0.15, 0.2) is 17.4 Å². The van der Waals surface area contributed by atoms with Crippen molar-refractivity contribution in [3.05, 3.63) is 18.0 Å². The Bertz CT molecular complexity index is 754. The van der Waals surface area contributed by atoms with Crippen LogP contribution in [0.25, 0.3) is 0 Å². The first-order valence-corrected chi connectivity index (χ1v) is 10.9. The number of rotatable bonds is 6. The molecule has 1 saturated heterocycles. The zero-order chi connectivity index (χ0) is 21.5. The van der Waals surface area contributed by atoms with E-state index < -0.39 is 0 Å². The van der Waals surface area contributed by atoms with Crippen molar-refractivity contribution in [1.82, 2.24) is 24.9 Å². The summed E-state index contributed by atoms with van der Waals surface area (Å²) in [6.45, 7) is 3.90. The van der Waals surface area contributed by atoms with E-state index in [1.807, 2.05) is 4.68 Å². The molecule has 1 aromatic heterocycles. The Labute approximate surface area is 178 Å². The molecule has 9 heteroatoms. The fourth-order valence-electron chi connectivity index (χ4n) is 3.99. The van der Waals surface area contributed by atoms with Crippen molar-refractivity contribution in [3.8, 4) is 0 Å². The van der Waals surface area contributed by atoms with Gasteiger partial charge in [-0.1, -0.05) is 12.8 Å². The summed E-state index contributed by atoms with van der Waals surface area (Å²) in [5, 5.41) is 8.00. The smallest absolute Gasteiger partial charge is 0.341 e. The average molecular weight is 419 g/mol. The molecular formula is C21H34N6O3. The van der Waals surface area contributed by atoms with E-state index in [0.717, 1.165) is 44.7 Å². The van der Waals surface area contributed by atoms with Crippen LogP contribution in [-0.4, -0.2) is 83.8 Å². The van der Waals surface area contributed by atoms with Gasteiger partial charge in [0.05, 0.1) is 24.4 Å². The quantitative estimate of drug-likeness (QED) is 0.429. The third kappa shape index (κ3) is 5.73. The Kier molecular flexibility index (Phi) is 7.70. The number of guanidine groups is 1. The highest BCUT2D eigenvalue weighted by Gasteiger charge is 2.27. The van der Waals surface area contributed by atoms with Crippen molar-refractivity contribution >= 4 is 17.8 Å². The molecule has 1 amide bonds. The molecule has 1 atom stereocenters. The lowest BCUT2D eigenvalue weighted by Gasteiger charge is -2.36. The molecule has 30 heavy (non-hydrogen) atoms. The number of carbonyl (C=O) groups is 2. The third-order valence-corrected chi connectivity index (χ3v) is 5.73. The number of ether oxygens (including phenoxy) is 1. The first-order valence-electron chi connectivity index (χ1n) is 10.9. The van der Waals surface area contributed by atoms with Crippen LogP contribution >= 0.6 is 0 Å². The molecule has 0 spiro atoms. The Balaban J connectivity index is 1.70. The maximum absolute atomic E-state index is 12.1. The van der Waals surface area contributed by atoms with Gasteiger partial charge in [0.2, 0.25) is 5.91 Å². The number of nitrogens with zero attached hydrogens (tertiary/aromatic N) is 5. The van der Waals surface area contributed by atoms with Crippen molar-refractivity contribution in [2.24, 2.45) is 4.99 Å². The Morgan fingerprint density at radius 1 is 1.27 bits per heavy atom. The number of esters is 1. The standard InChI is InChI=1S/C21H34N6O3/c1-4-30-20(29)16-12-23-27(14-16)18-10-7-11-26(15-18)21(22-13-19(28)25(2)3)24-17-8-5-6-9-17/h12,14,17-18H,4-11,13,15H2,1-3H3,(H,22,24). The van der Waals surface area contributed by atoms with Gasteiger partial charge in [0.15, 0.2) is 5.96 Å². The number of nitrogens with one attached hydrogen (secondary N) is 1. The molecule has 0 radical (unpaired) electrons. The molecule has 1 N–H and O–H groups in total. The summed E-state index contributed by atoms with van der Waals surface area (Å²) in [6, 6.07) is 0.556. The van der Waals surface area contributed by atoms with Gasteiger partial charge < -0.3 is 19.9 Å². The van der Waals surface area contributed by atoms with Crippen LogP contribution in [0.1, 0.15) is 61.8 Å². The number of aliphatic imine (C=N–C) groups is 1. The molecule has 1 aromatic rings. The highest BCUT2D eigenvalue weighted by atomic mass is 16.5. The largest absolute Gasteiger partial charge is 0.462 e. The van der Waals surface area contributed by atoms with E-state index in [0.29, 0.717) is 18.2 Å². The maximum atomic E-state index is 12.1. The molecule has 1 unspecified atom stereocenters. The molecule has 2 heterocycles. The molecule has 2 fully saturated rings. The SMILES string of the molecule is CCOC(=O)c1cnn(C2CCCN(C(=NCC(=O)N(C)C)NC3CCCC3)C2)c1. The minimum absolute atomic E-state index is 0.0135. The van der Waals surface area contributed by atoms with E-state index in [1.165, 1.54) is 12.8 Å². The van der Waals surface area contributed by atoms with E-state index in [-0.39, 0.29) is 24.5 Å². The van der Waals surface area contributed by atoms with E-state index in [1.54, 1.807) is 38.3 Å². The second kappa shape index (κ2) is 10.4. The van der Waals surface area contributed by atoms with Crippen molar-refractivity contribution in [3.63, 3.8) is 0 Å². The van der Waals surface area contributed by atoms with Crippen molar-refractivity contribution in [1.29, 1.82) is 0 Å². The summed E-state index contributed by atoms with van der Waals surface area (Å²) in [7, 11) is 3.50. The average Bonchev–Trinajstić information content (AvgIpc) is 3.43. The molecule has 1 aliphatic carbocycles. The fraction of sp³-hybridized carbons (Fsp3) is 0.714. The number of hydrogen-bond acceptors (Lipinski definition) is 5. The molecule has 166 valence electrons. The van der Waals surface area contributed by atoms with Crippen molar-refractivity contribution in [2.45, 2.75) is 57.5 Å². The molecule has 0 aromatic carbocycles. The zero-order valence-corrected chi connectivity index (χ0v) is 18.3. The monoisotopic (exact) mass is 418 g/mol. The topological polar surface area (TPSA) is 92.1 Å². The minimum atomic E-state index is -0.344. The third-order valence-electron chi connectivity index (χ3n) is 5.73. The van der Waals surface area contributed by atoms with Gasteiger partial charge in [0.25, 0.3) is 0 Å². The number of piperidine rings is 1. The summed E-state index contributed by atoms with van der Waals surface area (Å²) in [4.78, 5) is 32.5. The minimum Gasteiger partial charge on any atom is -0.462 e. The number of likely N-dealkylation sites (N-methyl/N-ethyl adjacent to an activating group) is 1. The van der Waals surface area contributed by atoms with Crippen LogP contribution in [0.2, 0.25) is 0 Å². The van der Waals surface area contributed by atoms with E-state index in [2.05, 4.69) is 20.3 Å². The first-order chi connectivity index (χ1) is 14.5. The van der Waals surface area contributed by atoms with Gasteiger partial charge >= 0.3 is 5.97 Å². The fourth-order valence-corrected chi connectivity index (χ4v) is 3.99. The highest BCUT2D eigenvalue weighted by Crippen LogP contribution is 2.23.